The molecule has 0 saturated carbocycles. The highest BCUT2D eigenvalue weighted by molar-refractivity contribution is 6.29. The van der Waals surface area contributed by atoms with E-state index in [1.165, 1.54) is 0 Å². The van der Waals surface area contributed by atoms with E-state index in [2.05, 4.69) is 15.3 Å². The summed E-state index contributed by atoms with van der Waals surface area (Å²) >= 11 is 5.83. The van der Waals surface area contributed by atoms with Crippen LogP contribution in [0.3, 0.4) is 0 Å². The van der Waals surface area contributed by atoms with E-state index in [1.54, 1.807) is 6.07 Å². The van der Waals surface area contributed by atoms with E-state index in [4.69, 9.17) is 22.1 Å². The minimum absolute atomic E-state index is 0.0477. The number of nitrogens with one attached hydrogen (secondary N) is 1. The number of hydrogen-bond donors (Lipinski definition) is 2. The number of ether oxygens (including phenoxy) is 1. The number of fused-ring (bicyclic) bond motifs is 1. The minimum atomic E-state index is 0.0477. The molecule has 1 aliphatic rings. The first kappa shape index (κ1) is 11.1. The maximum absolute atomic E-state index is 5.83. The van der Waals surface area contributed by atoms with Crippen molar-refractivity contribution >= 4 is 23.4 Å². The molecular formula is C12H11ClN4O. The van der Waals surface area contributed by atoms with E-state index in [-0.39, 0.29) is 12.0 Å². The van der Waals surface area contributed by atoms with E-state index in [0.717, 1.165) is 11.3 Å². The standard InChI is InChI=1S/C12H11ClN4O/c13-10-5-11(17-12(14)16-10)15-8-6-18-9-4-2-1-3-7(8)9/h1-5,8H,6H2,(H3,14,15,16,17). The summed E-state index contributed by atoms with van der Waals surface area (Å²) in [6, 6.07) is 9.57. The third-order valence-electron chi connectivity index (χ3n) is 2.73. The molecule has 1 aromatic heterocycles. The van der Waals surface area contributed by atoms with Gasteiger partial charge in [0.25, 0.3) is 0 Å². The zero-order valence-electron chi connectivity index (χ0n) is 9.43. The van der Waals surface area contributed by atoms with Gasteiger partial charge in [0.05, 0.1) is 6.04 Å². The summed E-state index contributed by atoms with van der Waals surface area (Å²) in [5, 5.41) is 3.56. The van der Waals surface area contributed by atoms with Gasteiger partial charge in [-0.3, -0.25) is 0 Å². The normalized spacial score (nSPS) is 17.1. The molecule has 1 aromatic carbocycles. The Morgan fingerprint density at radius 2 is 2.17 bits per heavy atom. The van der Waals surface area contributed by atoms with Crippen LogP contribution < -0.4 is 15.8 Å². The predicted molar refractivity (Wildman–Crippen MR) is 69.8 cm³/mol. The number of halogens is 1. The van der Waals surface area contributed by atoms with E-state index in [1.807, 2.05) is 24.3 Å². The minimum Gasteiger partial charge on any atom is -0.491 e. The van der Waals surface area contributed by atoms with Crippen molar-refractivity contribution in [2.24, 2.45) is 0 Å². The fraction of sp³-hybridized carbons (Fsp3) is 0.167. The molecule has 1 aliphatic heterocycles. The average molecular weight is 263 g/mol. The van der Waals surface area contributed by atoms with Crippen LogP contribution in [0.4, 0.5) is 11.8 Å². The van der Waals surface area contributed by atoms with Gasteiger partial charge >= 0.3 is 0 Å². The number of hydrogen-bond acceptors (Lipinski definition) is 5. The quantitative estimate of drug-likeness (QED) is 0.812. The van der Waals surface area contributed by atoms with Crippen molar-refractivity contribution in [1.29, 1.82) is 0 Å². The lowest BCUT2D eigenvalue weighted by Crippen LogP contribution is -2.13. The Balaban J connectivity index is 1.86. The van der Waals surface area contributed by atoms with Crippen molar-refractivity contribution in [3.63, 3.8) is 0 Å². The Hall–Kier alpha value is -2.01. The number of rotatable bonds is 2. The lowest BCUT2D eigenvalue weighted by Gasteiger charge is -2.12. The molecule has 1 atom stereocenters. The van der Waals surface area contributed by atoms with Gasteiger partial charge in [-0.1, -0.05) is 29.8 Å². The lowest BCUT2D eigenvalue weighted by molar-refractivity contribution is 0.339. The summed E-state index contributed by atoms with van der Waals surface area (Å²) in [4.78, 5) is 7.90. The maximum atomic E-state index is 5.83. The smallest absolute Gasteiger partial charge is 0.223 e. The Labute approximate surface area is 109 Å². The molecule has 3 rings (SSSR count). The van der Waals surface area contributed by atoms with Crippen molar-refractivity contribution in [2.75, 3.05) is 17.7 Å². The maximum Gasteiger partial charge on any atom is 0.223 e. The number of nitrogens with two attached hydrogens (primary N) is 1. The van der Waals surface area contributed by atoms with Gasteiger partial charge in [-0.05, 0) is 6.07 Å². The highest BCUT2D eigenvalue weighted by Gasteiger charge is 2.23. The Morgan fingerprint density at radius 1 is 1.33 bits per heavy atom. The van der Waals surface area contributed by atoms with Crippen LogP contribution in [-0.4, -0.2) is 16.6 Å². The molecule has 0 fully saturated rings. The molecule has 2 aromatic rings. The van der Waals surface area contributed by atoms with Crippen molar-refractivity contribution < 1.29 is 4.74 Å². The molecule has 6 heteroatoms. The van der Waals surface area contributed by atoms with Crippen molar-refractivity contribution in [1.82, 2.24) is 9.97 Å². The van der Waals surface area contributed by atoms with Crippen molar-refractivity contribution in [2.45, 2.75) is 6.04 Å². The highest BCUT2D eigenvalue weighted by atomic mass is 35.5. The third-order valence-corrected chi connectivity index (χ3v) is 2.93. The fourth-order valence-corrected chi connectivity index (χ4v) is 2.16. The summed E-state index contributed by atoms with van der Waals surface area (Å²) < 4.78 is 5.57. The topological polar surface area (TPSA) is 73.1 Å². The van der Waals surface area contributed by atoms with E-state index < -0.39 is 0 Å². The number of nitrogen functional groups attached to an aromatic ring is 1. The van der Waals surface area contributed by atoms with Crippen molar-refractivity contribution in [3.05, 3.63) is 41.0 Å². The van der Waals surface area contributed by atoms with Crippen LogP contribution in [0, 0.1) is 0 Å². The first-order chi connectivity index (χ1) is 8.72. The summed E-state index contributed by atoms with van der Waals surface area (Å²) in [7, 11) is 0. The molecule has 0 spiro atoms. The van der Waals surface area contributed by atoms with Gasteiger partial charge in [0.1, 0.15) is 23.3 Å². The SMILES string of the molecule is Nc1nc(Cl)cc(NC2COc3ccccc32)n1. The largest absolute Gasteiger partial charge is 0.491 e. The zero-order valence-corrected chi connectivity index (χ0v) is 10.2. The molecule has 0 amide bonds. The summed E-state index contributed by atoms with van der Waals surface area (Å²) in [5.41, 5.74) is 6.65. The molecule has 0 saturated heterocycles. The number of anilines is 2. The lowest BCUT2D eigenvalue weighted by atomic mass is 10.1. The van der Waals surface area contributed by atoms with Gasteiger partial charge in [0.2, 0.25) is 5.95 Å². The fourth-order valence-electron chi connectivity index (χ4n) is 1.97. The van der Waals surface area contributed by atoms with Crippen LogP contribution in [0.1, 0.15) is 11.6 Å². The van der Waals surface area contributed by atoms with Gasteiger partial charge in [0.15, 0.2) is 0 Å². The average Bonchev–Trinajstić information content (AvgIpc) is 2.72. The first-order valence-corrected chi connectivity index (χ1v) is 5.88. The summed E-state index contributed by atoms with van der Waals surface area (Å²) in [6.07, 6.45) is 0. The van der Waals surface area contributed by atoms with Crippen LogP contribution in [0.25, 0.3) is 0 Å². The summed E-state index contributed by atoms with van der Waals surface area (Å²) in [5.74, 6) is 1.64. The number of para-hydroxylation sites is 1. The third kappa shape index (κ3) is 2.04. The van der Waals surface area contributed by atoms with Crippen LogP contribution in [0.2, 0.25) is 5.15 Å². The van der Waals surface area contributed by atoms with Gasteiger partial charge < -0.3 is 15.8 Å². The van der Waals surface area contributed by atoms with Crippen molar-refractivity contribution in [3.8, 4) is 5.75 Å². The number of nitrogens with zero attached hydrogens (tertiary/aromatic N) is 2. The Kier molecular flexibility index (Phi) is 2.68. The summed E-state index contributed by atoms with van der Waals surface area (Å²) in [6.45, 7) is 0.556. The number of benzene rings is 1. The molecule has 3 N–H and O–H groups in total. The molecule has 2 heterocycles. The zero-order chi connectivity index (χ0) is 12.5. The van der Waals surface area contributed by atoms with Crippen LogP contribution >= 0.6 is 11.6 Å². The van der Waals surface area contributed by atoms with E-state index in [9.17, 15) is 0 Å². The molecular weight excluding hydrogens is 252 g/mol. The van der Waals surface area contributed by atoms with Gasteiger partial charge in [-0.2, -0.15) is 4.98 Å². The molecule has 5 nitrogen and oxygen atoms in total. The van der Waals surface area contributed by atoms with Gasteiger partial charge in [0, 0.05) is 11.6 Å². The molecule has 18 heavy (non-hydrogen) atoms. The Bertz CT molecular complexity index is 570. The highest BCUT2D eigenvalue weighted by Crippen LogP contribution is 2.33. The Morgan fingerprint density at radius 3 is 3.00 bits per heavy atom. The van der Waals surface area contributed by atoms with E-state index >= 15 is 0 Å². The van der Waals surface area contributed by atoms with Gasteiger partial charge in [-0.25, -0.2) is 4.98 Å². The molecule has 0 radical (unpaired) electrons. The van der Waals surface area contributed by atoms with Crippen LogP contribution in [0.5, 0.6) is 5.75 Å². The van der Waals surface area contributed by atoms with E-state index in [0.29, 0.717) is 17.6 Å². The first-order valence-electron chi connectivity index (χ1n) is 5.51. The van der Waals surface area contributed by atoms with Gasteiger partial charge in [-0.15, -0.1) is 0 Å². The monoisotopic (exact) mass is 262 g/mol. The van der Waals surface area contributed by atoms with Crippen LogP contribution in [-0.2, 0) is 0 Å². The molecule has 0 bridgehead atoms. The van der Waals surface area contributed by atoms with Crippen LogP contribution in [0.15, 0.2) is 30.3 Å². The second-order valence-electron chi connectivity index (χ2n) is 3.98. The predicted octanol–water partition coefficient (Wildman–Crippen LogP) is 2.26. The molecule has 0 aliphatic carbocycles. The number of aromatic nitrogens is 2. The molecule has 92 valence electrons. The molecule has 1 unspecified atom stereocenters. The second kappa shape index (κ2) is 4.34. The second-order valence-corrected chi connectivity index (χ2v) is 4.37.